The molecule has 1 aromatic rings. The van der Waals surface area contributed by atoms with Gasteiger partial charge in [0.1, 0.15) is 11.5 Å². The predicted molar refractivity (Wildman–Crippen MR) is 86.6 cm³/mol. The minimum atomic E-state index is -0.860. The summed E-state index contributed by atoms with van der Waals surface area (Å²) in [5.41, 5.74) is 2.74. The first kappa shape index (κ1) is 16.6. The van der Waals surface area contributed by atoms with Crippen molar-refractivity contribution in [2.75, 3.05) is 20.1 Å². The summed E-state index contributed by atoms with van der Waals surface area (Å²) < 4.78 is 6.12. The first-order chi connectivity index (χ1) is 10.3. The van der Waals surface area contributed by atoms with Crippen LogP contribution in [0.25, 0.3) is 0 Å². The Morgan fingerprint density at radius 2 is 1.91 bits per heavy atom. The lowest BCUT2D eigenvalue weighted by molar-refractivity contribution is -0.136. The normalized spacial score (nSPS) is 20.2. The van der Waals surface area contributed by atoms with E-state index in [2.05, 4.69) is 10.6 Å². The molecule has 2 rings (SSSR count). The number of aromatic hydroxyl groups is 1. The average Bonchev–Trinajstić information content (AvgIpc) is 2.51. The largest absolute Gasteiger partial charge is 0.507 e. The Hall–Kier alpha value is -1.75. The number of nitrogens with one attached hydrogen (secondary N) is 2. The van der Waals surface area contributed by atoms with Crippen molar-refractivity contribution in [1.29, 1.82) is 0 Å². The van der Waals surface area contributed by atoms with Crippen LogP contribution in [0.4, 0.5) is 0 Å². The maximum absolute atomic E-state index is 12.4. The lowest BCUT2D eigenvalue weighted by atomic mass is 9.86. The van der Waals surface area contributed by atoms with Gasteiger partial charge in [0.15, 0.2) is 5.60 Å². The number of amides is 1. The topological polar surface area (TPSA) is 70.6 Å². The third-order valence-electron chi connectivity index (χ3n) is 4.66. The Labute approximate surface area is 132 Å². The van der Waals surface area contributed by atoms with E-state index >= 15 is 0 Å². The maximum atomic E-state index is 12.4. The SMILES string of the molecule is CNCCNC(=O)C1(C)CCc2c(C)c(O)c(C)c(C)c2O1. The lowest BCUT2D eigenvalue weighted by Gasteiger charge is -2.36. The van der Waals surface area contributed by atoms with Crippen molar-refractivity contribution in [3.63, 3.8) is 0 Å². The number of benzene rings is 1. The van der Waals surface area contributed by atoms with E-state index in [9.17, 15) is 9.90 Å². The van der Waals surface area contributed by atoms with E-state index in [1.165, 1.54) is 0 Å². The molecule has 0 aliphatic carbocycles. The van der Waals surface area contributed by atoms with Crippen LogP contribution in [0.15, 0.2) is 0 Å². The molecule has 3 N–H and O–H groups in total. The second-order valence-corrected chi connectivity index (χ2v) is 6.22. The first-order valence-electron chi connectivity index (χ1n) is 7.75. The van der Waals surface area contributed by atoms with Crippen LogP contribution in [0.1, 0.15) is 35.6 Å². The monoisotopic (exact) mass is 306 g/mol. The number of phenols is 1. The van der Waals surface area contributed by atoms with Gasteiger partial charge in [0.2, 0.25) is 0 Å². The summed E-state index contributed by atoms with van der Waals surface area (Å²) in [5, 5.41) is 16.1. The molecule has 0 fully saturated rings. The van der Waals surface area contributed by atoms with Crippen molar-refractivity contribution in [2.24, 2.45) is 0 Å². The molecule has 0 bridgehead atoms. The molecule has 1 heterocycles. The van der Waals surface area contributed by atoms with E-state index in [1.807, 2.05) is 34.7 Å². The fourth-order valence-corrected chi connectivity index (χ4v) is 2.90. The molecule has 1 aliphatic heterocycles. The van der Waals surface area contributed by atoms with Gasteiger partial charge in [-0.3, -0.25) is 4.79 Å². The Bertz CT molecular complexity index is 598. The number of ether oxygens (including phenoxy) is 1. The van der Waals surface area contributed by atoms with E-state index in [0.29, 0.717) is 18.7 Å². The smallest absolute Gasteiger partial charge is 0.263 e. The number of likely N-dealkylation sites (N-methyl/N-ethyl adjacent to an activating group) is 1. The zero-order valence-electron chi connectivity index (χ0n) is 14.1. The predicted octanol–water partition coefficient (Wildman–Crippen LogP) is 1.74. The van der Waals surface area contributed by atoms with Crippen LogP contribution in [0.2, 0.25) is 0 Å². The number of carbonyl (C=O) groups excluding carboxylic acids is 1. The van der Waals surface area contributed by atoms with Gasteiger partial charge in [-0.05, 0) is 57.9 Å². The molecule has 1 amide bonds. The van der Waals surface area contributed by atoms with Gasteiger partial charge in [-0.25, -0.2) is 0 Å². The average molecular weight is 306 g/mol. The van der Waals surface area contributed by atoms with Gasteiger partial charge in [0.25, 0.3) is 5.91 Å². The molecule has 0 saturated carbocycles. The summed E-state index contributed by atoms with van der Waals surface area (Å²) in [7, 11) is 1.85. The fourth-order valence-electron chi connectivity index (χ4n) is 2.90. The number of rotatable bonds is 4. The van der Waals surface area contributed by atoms with Crippen LogP contribution in [0.3, 0.4) is 0 Å². The van der Waals surface area contributed by atoms with E-state index in [4.69, 9.17) is 4.74 Å². The molecule has 1 aliphatic rings. The molecule has 0 aromatic heterocycles. The highest BCUT2D eigenvalue weighted by atomic mass is 16.5. The lowest BCUT2D eigenvalue weighted by Crippen LogP contribution is -2.52. The van der Waals surface area contributed by atoms with Crippen LogP contribution in [-0.2, 0) is 11.2 Å². The molecule has 5 nitrogen and oxygen atoms in total. The Balaban J connectivity index is 2.29. The number of fused-ring (bicyclic) bond motifs is 1. The quantitative estimate of drug-likeness (QED) is 0.741. The van der Waals surface area contributed by atoms with Crippen molar-refractivity contribution in [3.05, 3.63) is 22.3 Å². The summed E-state index contributed by atoms with van der Waals surface area (Å²) in [6.07, 6.45) is 1.33. The zero-order valence-corrected chi connectivity index (χ0v) is 14.1. The standard InChI is InChI=1S/C17H26N2O3/c1-10-11(2)15-13(12(3)14(10)20)6-7-17(4,22-15)16(21)19-9-8-18-5/h18,20H,6-9H2,1-5H3,(H,19,21). The summed E-state index contributed by atoms with van der Waals surface area (Å²) in [6.45, 7) is 8.84. The Morgan fingerprint density at radius 1 is 1.23 bits per heavy atom. The van der Waals surface area contributed by atoms with Crippen LogP contribution < -0.4 is 15.4 Å². The second-order valence-electron chi connectivity index (χ2n) is 6.22. The zero-order chi connectivity index (χ0) is 16.5. The molecule has 1 atom stereocenters. The van der Waals surface area contributed by atoms with Gasteiger partial charge in [-0.15, -0.1) is 0 Å². The molecule has 1 unspecified atom stereocenters. The van der Waals surface area contributed by atoms with Crippen molar-refractivity contribution < 1.29 is 14.6 Å². The molecule has 22 heavy (non-hydrogen) atoms. The summed E-state index contributed by atoms with van der Waals surface area (Å²) in [5.74, 6) is 1.00. The number of carbonyl (C=O) groups is 1. The van der Waals surface area contributed by atoms with Gasteiger partial charge < -0.3 is 20.5 Å². The van der Waals surface area contributed by atoms with Gasteiger partial charge in [0, 0.05) is 25.1 Å². The maximum Gasteiger partial charge on any atom is 0.263 e. The fraction of sp³-hybridized carbons (Fsp3) is 0.588. The van der Waals surface area contributed by atoms with Gasteiger partial charge in [-0.2, -0.15) is 0 Å². The van der Waals surface area contributed by atoms with Crippen LogP contribution >= 0.6 is 0 Å². The van der Waals surface area contributed by atoms with Crippen molar-refractivity contribution >= 4 is 5.91 Å². The number of hydrogen-bond donors (Lipinski definition) is 3. The first-order valence-corrected chi connectivity index (χ1v) is 7.75. The van der Waals surface area contributed by atoms with Crippen molar-refractivity contribution in [3.8, 4) is 11.5 Å². The molecular weight excluding hydrogens is 280 g/mol. The minimum absolute atomic E-state index is 0.0869. The van der Waals surface area contributed by atoms with Gasteiger partial charge >= 0.3 is 0 Å². The molecule has 122 valence electrons. The second kappa shape index (κ2) is 6.16. The summed E-state index contributed by atoms with van der Waals surface area (Å²) in [4.78, 5) is 12.4. The summed E-state index contributed by atoms with van der Waals surface area (Å²) >= 11 is 0. The van der Waals surface area contributed by atoms with E-state index in [-0.39, 0.29) is 5.91 Å². The highest BCUT2D eigenvalue weighted by Gasteiger charge is 2.40. The molecule has 0 spiro atoms. The molecule has 0 radical (unpaired) electrons. The highest BCUT2D eigenvalue weighted by Crippen LogP contribution is 2.43. The molecule has 0 saturated heterocycles. The van der Waals surface area contributed by atoms with Crippen molar-refractivity contribution in [1.82, 2.24) is 10.6 Å². The van der Waals surface area contributed by atoms with Crippen LogP contribution in [0, 0.1) is 20.8 Å². The van der Waals surface area contributed by atoms with E-state index < -0.39 is 5.60 Å². The van der Waals surface area contributed by atoms with E-state index in [1.54, 1.807) is 0 Å². The number of phenolic OH excluding ortho intramolecular Hbond substituents is 1. The Morgan fingerprint density at radius 3 is 2.55 bits per heavy atom. The third kappa shape index (κ3) is 2.77. The molecule has 1 aromatic carbocycles. The van der Waals surface area contributed by atoms with Crippen LogP contribution in [-0.4, -0.2) is 36.8 Å². The van der Waals surface area contributed by atoms with Gasteiger partial charge in [0.05, 0.1) is 0 Å². The minimum Gasteiger partial charge on any atom is -0.507 e. The molecular formula is C17H26N2O3. The van der Waals surface area contributed by atoms with Gasteiger partial charge in [-0.1, -0.05) is 0 Å². The highest BCUT2D eigenvalue weighted by molar-refractivity contribution is 5.85. The number of hydrogen-bond acceptors (Lipinski definition) is 4. The third-order valence-corrected chi connectivity index (χ3v) is 4.66. The van der Waals surface area contributed by atoms with Crippen LogP contribution in [0.5, 0.6) is 11.5 Å². The molecule has 5 heteroatoms. The van der Waals surface area contributed by atoms with E-state index in [0.717, 1.165) is 41.0 Å². The van der Waals surface area contributed by atoms with Crippen molar-refractivity contribution in [2.45, 2.75) is 46.1 Å². The Kier molecular flexibility index (Phi) is 4.66. The summed E-state index contributed by atoms with van der Waals surface area (Å²) in [6, 6.07) is 0.